The molecule has 4 nitrogen and oxygen atoms in total. The first-order valence-electron chi connectivity index (χ1n) is 6.58. The van der Waals surface area contributed by atoms with Crippen molar-refractivity contribution in [3.8, 4) is 11.3 Å². The number of imidazole rings is 1. The molecule has 0 spiro atoms. The van der Waals surface area contributed by atoms with Crippen molar-refractivity contribution < 1.29 is 0 Å². The van der Waals surface area contributed by atoms with Crippen LogP contribution in [0.3, 0.4) is 0 Å². The third-order valence-electron chi connectivity index (χ3n) is 3.43. The standard InChI is InChI=1S/C15H18N4/c1-19-10-12(11-5-2-3-6-14(11)19)13-9-17-15(18-13)7-4-8-16/h2-3,5-6,9-10H,4,7-8,16H2,1H3,(H,17,18). The fraction of sp³-hybridized carbons (Fsp3) is 0.267. The second-order valence-electron chi connectivity index (χ2n) is 4.81. The molecule has 0 saturated carbocycles. The molecular formula is C15H18N4. The molecule has 2 aromatic heterocycles. The van der Waals surface area contributed by atoms with E-state index in [0.717, 1.165) is 24.4 Å². The van der Waals surface area contributed by atoms with Crippen LogP contribution in [0.15, 0.2) is 36.7 Å². The molecule has 3 aromatic rings. The van der Waals surface area contributed by atoms with Crippen molar-refractivity contribution in [2.75, 3.05) is 6.54 Å². The maximum atomic E-state index is 5.53. The molecule has 0 bridgehead atoms. The molecule has 3 rings (SSSR count). The zero-order valence-corrected chi connectivity index (χ0v) is 11.1. The Balaban J connectivity index is 2.02. The van der Waals surface area contributed by atoms with Crippen molar-refractivity contribution in [2.24, 2.45) is 12.8 Å². The van der Waals surface area contributed by atoms with Gasteiger partial charge in [-0.1, -0.05) is 18.2 Å². The number of H-pyrrole nitrogens is 1. The lowest BCUT2D eigenvalue weighted by atomic mass is 10.1. The zero-order valence-electron chi connectivity index (χ0n) is 11.1. The molecule has 0 radical (unpaired) electrons. The van der Waals surface area contributed by atoms with Crippen LogP contribution in [0.25, 0.3) is 22.2 Å². The van der Waals surface area contributed by atoms with Crippen LogP contribution in [-0.2, 0) is 13.5 Å². The van der Waals surface area contributed by atoms with Crippen molar-refractivity contribution in [1.29, 1.82) is 0 Å². The van der Waals surface area contributed by atoms with Crippen LogP contribution in [0.2, 0.25) is 0 Å². The molecule has 0 amide bonds. The van der Waals surface area contributed by atoms with Crippen molar-refractivity contribution in [3.63, 3.8) is 0 Å². The first kappa shape index (κ1) is 12.0. The maximum Gasteiger partial charge on any atom is 0.106 e. The van der Waals surface area contributed by atoms with E-state index in [-0.39, 0.29) is 0 Å². The van der Waals surface area contributed by atoms with E-state index in [1.165, 1.54) is 16.5 Å². The van der Waals surface area contributed by atoms with Gasteiger partial charge < -0.3 is 15.3 Å². The Labute approximate surface area is 112 Å². The molecule has 2 heterocycles. The van der Waals surface area contributed by atoms with Crippen molar-refractivity contribution >= 4 is 10.9 Å². The average molecular weight is 254 g/mol. The van der Waals surface area contributed by atoms with Crippen LogP contribution < -0.4 is 5.73 Å². The van der Waals surface area contributed by atoms with Gasteiger partial charge in [0.15, 0.2) is 0 Å². The highest BCUT2D eigenvalue weighted by atomic mass is 14.9. The Kier molecular flexibility index (Phi) is 3.09. The molecule has 0 unspecified atom stereocenters. The largest absolute Gasteiger partial charge is 0.350 e. The summed E-state index contributed by atoms with van der Waals surface area (Å²) in [6.45, 7) is 0.699. The molecular weight excluding hydrogens is 236 g/mol. The SMILES string of the molecule is Cn1cc(-c2cnc(CCCN)[nH]2)c2ccccc21. The molecule has 0 aliphatic heterocycles. The molecule has 0 fully saturated rings. The van der Waals surface area contributed by atoms with Crippen LogP contribution in [0.5, 0.6) is 0 Å². The molecule has 0 aliphatic rings. The Morgan fingerprint density at radius 2 is 2.16 bits per heavy atom. The Hall–Kier alpha value is -2.07. The Morgan fingerprint density at radius 3 is 3.00 bits per heavy atom. The second-order valence-corrected chi connectivity index (χ2v) is 4.81. The van der Waals surface area contributed by atoms with Gasteiger partial charge in [-0.15, -0.1) is 0 Å². The van der Waals surface area contributed by atoms with Crippen molar-refractivity contribution in [2.45, 2.75) is 12.8 Å². The molecule has 0 atom stereocenters. The lowest BCUT2D eigenvalue weighted by Gasteiger charge is -1.96. The highest BCUT2D eigenvalue weighted by Gasteiger charge is 2.10. The van der Waals surface area contributed by atoms with E-state index in [0.29, 0.717) is 6.54 Å². The Bertz CT molecular complexity index is 693. The number of aromatic amines is 1. The Morgan fingerprint density at radius 1 is 1.32 bits per heavy atom. The number of hydrogen-bond acceptors (Lipinski definition) is 2. The van der Waals surface area contributed by atoms with Crippen LogP contribution in [0, 0.1) is 0 Å². The van der Waals surface area contributed by atoms with Gasteiger partial charge in [0, 0.05) is 36.1 Å². The van der Waals surface area contributed by atoms with E-state index in [9.17, 15) is 0 Å². The highest BCUT2D eigenvalue weighted by molar-refractivity contribution is 5.95. The van der Waals surface area contributed by atoms with Gasteiger partial charge in [-0.3, -0.25) is 0 Å². The lowest BCUT2D eigenvalue weighted by Crippen LogP contribution is -2.01. The number of fused-ring (bicyclic) bond motifs is 1. The fourth-order valence-electron chi connectivity index (χ4n) is 2.45. The highest BCUT2D eigenvalue weighted by Crippen LogP contribution is 2.28. The number of nitrogens with two attached hydrogens (primary N) is 1. The molecule has 4 heteroatoms. The van der Waals surface area contributed by atoms with Gasteiger partial charge in [-0.25, -0.2) is 4.98 Å². The van der Waals surface area contributed by atoms with Crippen molar-refractivity contribution in [1.82, 2.24) is 14.5 Å². The average Bonchev–Trinajstić information content (AvgIpc) is 3.02. The normalized spacial score (nSPS) is 11.3. The number of nitrogens with one attached hydrogen (secondary N) is 1. The van der Waals surface area contributed by atoms with E-state index in [1.807, 2.05) is 6.20 Å². The predicted molar refractivity (Wildman–Crippen MR) is 77.9 cm³/mol. The van der Waals surface area contributed by atoms with E-state index in [4.69, 9.17) is 5.73 Å². The van der Waals surface area contributed by atoms with E-state index >= 15 is 0 Å². The first-order chi connectivity index (χ1) is 9.29. The topological polar surface area (TPSA) is 59.6 Å². The minimum Gasteiger partial charge on any atom is -0.350 e. The summed E-state index contributed by atoms with van der Waals surface area (Å²) in [6, 6.07) is 8.40. The fourth-order valence-corrected chi connectivity index (χ4v) is 2.45. The number of rotatable bonds is 4. The molecule has 0 saturated heterocycles. The second kappa shape index (κ2) is 4.90. The minimum atomic E-state index is 0.699. The summed E-state index contributed by atoms with van der Waals surface area (Å²) in [5.74, 6) is 1.01. The van der Waals surface area contributed by atoms with E-state index in [1.54, 1.807) is 0 Å². The molecule has 1 aromatic carbocycles. The summed E-state index contributed by atoms with van der Waals surface area (Å²) in [4.78, 5) is 7.82. The smallest absolute Gasteiger partial charge is 0.106 e. The van der Waals surface area contributed by atoms with Gasteiger partial charge in [0.1, 0.15) is 5.82 Å². The van der Waals surface area contributed by atoms with Crippen LogP contribution in [0.1, 0.15) is 12.2 Å². The number of aromatic nitrogens is 3. The number of nitrogens with zero attached hydrogens (tertiary/aromatic N) is 2. The summed E-state index contributed by atoms with van der Waals surface area (Å²) in [5.41, 5.74) is 9.03. The summed E-state index contributed by atoms with van der Waals surface area (Å²) >= 11 is 0. The molecule has 98 valence electrons. The maximum absolute atomic E-state index is 5.53. The molecule has 0 aliphatic carbocycles. The number of para-hydroxylation sites is 1. The summed E-state index contributed by atoms with van der Waals surface area (Å²) < 4.78 is 2.14. The van der Waals surface area contributed by atoms with Gasteiger partial charge in [0.05, 0.1) is 11.9 Å². The summed E-state index contributed by atoms with van der Waals surface area (Å²) in [6.07, 6.45) is 5.92. The first-order valence-corrected chi connectivity index (χ1v) is 6.58. The summed E-state index contributed by atoms with van der Waals surface area (Å²) in [5, 5.41) is 1.25. The third-order valence-corrected chi connectivity index (χ3v) is 3.43. The monoisotopic (exact) mass is 254 g/mol. The van der Waals surface area contributed by atoms with Gasteiger partial charge in [0.2, 0.25) is 0 Å². The van der Waals surface area contributed by atoms with Crippen LogP contribution in [0.4, 0.5) is 0 Å². The van der Waals surface area contributed by atoms with Crippen LogP contribution >= 0.6 is 0 Å². The van der Waals surface area contributed by atoms with E-state index < -0.39 is 0 Å². The zero-order chi connectivity index (χ0) is 13.2. The number of aryl methyl sites for hydroxylation is 2. The van der Waals surface area contributed by atoms with Gasteiger partial charge in [0.25, 0.3) is 0 Å². The predicted octanol–water partition coefficient (Wildman–Crippen LogP) is 2.46. The quantitative estimate of drug-likeness (QED) is 0.751. The van der Waals surface area contributed by atoms with Gasteiger partial charge in [-0.2, -0.15) is 0 Å². The lowest BCUT2D eigenvalue weighted by molar-refractivity contribution is 0.794. The summed E-state index contributed by atoms with van der Waals surface area (Å²) in [7, 11) is 2.07. The van der Waals surface area contributed by atoms with Gasteiger partial charge in [-0.05, 0) is 19.0 Å². The van der Waals surface area contributed by atoms with Crippen LogP contribution in [-0.4, -0.2) is 21.1 Å². The number of hydrogen-bond donors (Lipinski definition) is 2. The van der Waals surface area contributed by atoms with Gasteiger partial charge >= 0.3 is 0 Å². The molecule has 19 heavy (non-hydrogen) atoms. The van der Waals surface area contributed by atoms with Crippen molar-refractivity contribution in [3.05, 3.63) is 42.5 Å². The minimum absolute atomic E-state index is 0.699. The third kappa shape index (κ3) is 2.15. The van der Waals surface area contributed by atoms with E-state index in [2.05, 4.69) is 52.0 Å². The number of benzene rings is 1. The molecule has 3 N–H and O–H groups in total.